The molecule has 5 rings (SSSR count). The lowest BCUT2D eigenvalue weighted by atomic mass is 9.95. The van der Waals surface area contributed by atoms with E-state index in [0.29, 0.717) is 11.4 Å². The van der Waals surface area contributed by atoms with Crippen LogP contribution in [-0.2, 0) is 6.42 Å². The molecule has 2 heterocycles. The van der Waals surface area contributed by atoms with Gasteiger partial charge in [-0.05, 0) is 40.8 Å². The topological polar surface area (TPSA) is 46.9 Å². The molecule has 8 heteroatoms. The Bertz CT molecular complexity index is 1370. The molecule has 184 valence electrons. The number of aryl methyl sites for hydroxylation is 1. The molecular formula is C28H23ClF3N3O. The van der Waals surface area contributed by atoms with Crippen LogP contribution in [0.1, 0.15) is 46.4 Å². The van der Waals surface area contributed by atoms with Crippen molar-refractivity contribution < 1.29 is 18.0 Å². The van der Waals surface area contributed by atoms with E-state index in [9.17, 15) is 18.0 Å². The van der Waals surface area contributed by atoms with Crippen molar-refractivity contribution in [3.05, 3.63) is 107 Å². The molecule has 4 aromatic rings. The van der Waals surface area contributed by atoms with Gasteiger partial charge in [-0.25, -0.2) is 4.68 Å². The minimum absolute atomic E-state index is 0.123. The third-order valence-corrected chi connectivity index (χ3v) is 6.74. The zero-order valence-corrected chi connectivity index (χ0v) is 19.9. The van der Waals surface area contributed by atoms with Crippen molar-refractivity contribution in [1.29, 1.82) is 0 Å². The lowest BCUT2D eigenvalue weighted by Gasteiger charge is -2.34. The molecular weight excluding hydrogens is 487 g/mol. The van der Waals surface area contributed by atoms with Crippen molar-refractivity contribution in [2.75, 3.05) is 5.32 Å². The first-order chi connectivity index (χ1) is 17.3. The van der Waals surface area contributed by atoms with Gasteiger partial charge in [0.25, 0.3) is 0 Å². The zero-order chi connectivity index (χ0) is 25.3. The molecule has 2 unspecified atom stereocenters. The summed E-state index contributed by atoms with van der Waals surface area (Å²) in [5.74, 6) is -0.132. The Labute approximate surface area is 211 Å². The van der Waals surface area contributed by atoms with Crippen LogP contribution in [0.3, 0.4) is 0 Å². The van der Waals surface area contributed by atoms with Crippen molar-refractivity contribution >= 4 is 23.2 Å². The average molecular weight is 510 g/mol. The molecule has 3 aromatic carbocycles. The number of rotatable bonds is 6. The maximum Gasteiger partial charge on any atom is 0.410 e. The number of Topliss-reactive ketones (excluding diaryl/α,β-unsaturated/α-hetero) is 1. The second-order valence-electron chi connectivity index (χ2n) is 8.88. The highest BCUT2D eigenvalue weighted by Crippen LogP contribution is 2.44. The van der Waals surface area contributed by atoms with Gasteiger partial charge in [0.1, 0.15) is 5.82 Å². The van der Waals surface area contributed by atoms with E-state index in [2.05, 4.69) is 10.4 Å². The first kappa shape index (κ1) is 24.1. The van der Waals surface area contributed by atoms with E-state index < -0.39 is 18.3 Å². The summed E-state index contributed by atoms with van der Waals surface area (Å²) in [6.45, 7) is 0. The predicted molar refractivity (Wildman–Crippen MR) is 134 cm³/mol. The van der Waals surface area contributed by atoms with Crippen molar-refractivity contribution in [3.8, 4) is 11.1 Å². The largest absolute Gasteiger partial charge is 0.410 e. The van der Waals surface area contributed by atoms with E-state index in [-0.39, 0.29) is 30.0 Å². The highest BCUT2D eigenvalue weighted by atomic mass is 35.5. The second kappa shape index (κ2) is 9.82. The number of carbonyl (C=O) groups is 1. The van der Waals surface area contributed by atoms with Gasteiger partial charge >= 0.3 is 6.18 Å². The van der Waals surface area contributed by atoms with E-state index in [1.807, 2.05) is 54.6 Å². The van der Waals surface area contributed by atoms with Crippen LogP contribution in [0.25, 0.3) is 11.1 Å². The smallest absolute Gasteiger partial charge is 0.363 e. The molecule has 0 fully saturated rings. The Morgan fingerprint density at radius 1 is 1.00 bits per heavy atom. The predicted octanol–water partition coefficient (Wildman–Crippen LogP) is 7.68. The highest BCUT2D eigenvalue weighted by Gasteiger charge is 2.47. The molecule has 1 aliphatic heterocycles. The van der Waals surface area contributed by atoms with Crippen molar-refractivity contribution in [2.24, 2.45) is 0 Å². The number of anilines is 1. The number of benzene rings is 3. The van der Waals surface area contributed by atoms with Gasteiger partial charge in [0, 0.05) is 17.9 Å². The first-order valence-corrected chi connectivity index (χ1v) is 12.0. The molecule has 0 amide bonds. The van der Waals surface area contributed by atoms with E-state index >= 15 is 0 Å². The monoisotopic (exact) mass is 509 g/mol. The van der Waals surface area contributed by atoms with Gasteiger partial charge in [-0.2, -0.15) is 18.3 Å². The number of hydrogen-bond acceptors (Lipinski definition) is 3. The molecule has 1 aromatic heterocycles. The Morgan fingerprint density at radius 3 is 2.47 bits per heavy atom. The van der Waals surface area contributed by atoms with Crippen LogP contribution in [0, 0.1) is 0 Å². The molecule has 0 spiro atoms. The minimum atomic E-state index is -4.49. The van der Waals surface area contributed by atoms with Crippen LogP contribution in [0.15, 0.2) is 85.1 Å². The fourth-order valence-electron chi connectivity index (χ4n) is 4.61. The van der Waals surface area contributed by atoms with Crippen molar-refractivity contribution in [2.45, 2.75) is 37.5 Å². The van der Waals surface area contributed by atoms with Crippen LogP contribution in [0.2, 0.25) is 5.02 Å². The van der Waals surface area contributed by atoms with Gasteiger partial charge < -0.3 is 5.32 Å². The zero-order valence-electron chi connectivity index (χ0n) is 19.2. The number of nitrogens with zero attached hydrogens (tertiary/aromatic N) is 2. The molecule has 0 saturated heterocycles. The molecule has 1 aliphatic rings. The number of alkyl halides is 3. The maximum atomic E-state index is 13.9. The summed E-state index contributed by atoms with van der Waals surface area (Å²) < 4.78 is 42.6. The normalized spacial score (nSPS) is 17.3. The average Bonchev–Trinajstić information content (AvgIpc) is 3.31. The molecule has 1 N–H and O–H groups in total. The summed E-state index contributed by atoms with van der Waals surface area (Å²) in [6.07, 6.45) is -2.83. The quantitative estimate of drug-likeness (QED) is 0.271. The summed E-state index contributed by atoms with van der Waals surface area (Å²) in [7, 11) is 0. The highest BCUT2D eigenvalue weighted by molar-refractivity contribution is 6.30. The van der Waals surface area contributed by atoms with Gasteiger partial charge in [0.15, 0.2) is 11.8 Å². The number of hydrogen-bond donors (Lipinski definition) is 1. The molecule has 0 saturated carbocycles. The number of halogens is 4. The third-order valence-electron chi connectivity index (χ3n) is 6.49. The van der Waals surface area contributed by atoms with Crippen LogP contribution >= 0.6 is 11.6 Å². The van der Waals surface area contributed by atoms with Crippen molar-refractivity contribution in [1.82, 2.24) is 9.78 Å². The fraction of sp³-hybridized carbons (Fsp3) is 0.214. The lowest BCUT2D eigenvalue weighted by molar-refractivity contribution is -0.173. The number of ketones is 1. The lowest BCUT2D eigenvalue weighted by Crippen LogP contribution is -2.36. The van der Waals surface area contributed by atoms with Gasteiger partial charge in [-0.15, -0.1) is 0 Å². The van der Waals surface area contributed by atoms with E-state index in [1.54, 1.807) is 24.3 Å². The maximum absolute atomic E-state index is 13.9. The number of aromatic nitrogens is 2. The standard InChI is InChI=1S/C28H23ClF3N3O/c29-22-12-10-19(11-13-22)21-8-4-5-18(15-21)9-14-25(36)23-17-33-35-26(28(30,31)32)16-24(34-27(23)35)20-6-2-1-3-7-20/h1-8,10-13,15,17,24,26,34H,9,14,16H2. The van der Waals surface area contributed by atoms with Gasteiger partial charge in [-0.3, -0.25) is 4.79 Å². The number of fused-ring (bicyclic) bond motifs is 1. The summed E-state index contributed by atoms with van der Waals surface area (Å²) >= 11 is 5.98. The number of carbonyl (C=O) groups excluding carboxylic acids is 1. The van der Waals surface area contributed by atoms with Crippen LogP contribution in [0.4, 0.5) is 19.0 Å². The summed E-state index contributed by atoms with van der Waals surface area (Å²) in [6, 6.07) is 21.9. The van der Waals surface area contributed by atoms with Crippen molar-refractivity contribution in [3.63, 3.8) is 0 Å². The molecule has 0 aliphatic carbocycles. The first-order valence-electron chi connectivity index (χ1n) is 11.6. The van der Waals surface area contributed by atoms with E-state index in [4.69, 9.17) is 11.6 Å². The molecule has 0 radical (unpaired) electrons. The third kappa shape index (κ3) is 5.02. The van der Waals surface area contributed by atoms with Gasteiger partial charge in [0.2, 0.25) is 0 Å². The second-order valence-corrected chi connectivity index (χ2v) is 9.32. The van der Waals surface area contributed by atoms with Gasteiger partial charge in [-0.1, -0.05) is 78.3 Å². The Morgan fingerprint density at radius 2 is 1.75 bits per heavy atom. The number of nitrogens with one attached hydrogen (secondary N) is 1. The fourth-order valence-corrected chi connectivity index (χ4v) is 4.74. The van der Waals surface area contributed by atoms with Gasteiger partial charge in [0.05, 0.1) is 17.8 Å². The summed E-state index contributed by atoms with van der Waals surface area (Å²) in [5, 5.41) is 7.77. The molecule has 36 heavy (non-hydrogen) atoms. The van der Waals surface area contributed by atoms with Crippen LogP contribution < -0.4 is 5.32 Å². The molecule has 4 nitrogen and oxygen atoms in total. The summed E-state index contributed by atoms with van der Waals surface area (Å²) in [5.41, 5.74) is 3.88. The SMILES string of the molecule is O=C(CCc1cccc(-c2ccc(Cl)cc2)c1)c1cnn2c1NC(c1ccccc1)CC2C(F)(F)F. The molecule has 2 atom stereocenters. The van der Waals surface area contributed by atoms with Crippen LogP contribution in [0.5, 0.6) is 0 Å². The summed E-state index contributed by atoms with van der Waals surface area (Å²) in [4.78, 5) is 13.2. The van der Waals surface area contributed by atoms with Crippen LogP contribution in [-0.4, -0.2) is 21.7 Å². The van der Waals surface area contributed by atoms with E-state index in [0.717, 1.165) is 26.9 Å². The minimum Gasteiger partial charge on any atom is -0.363 e. The van der Waals surface area contributed by atoms with E-state index in [1.165, 1.54) is 6.20 Å². The molecule has 0 bridgehead atoms. The Balaban J connectivity index is 1.36. The Kier molecular flexibility index (Phi) is 6.58. The Hall–Kier alpha value is -3.58.